The van der Waals surface area contributed by atoms with E-state index in [1.165, 1.54) is 11.3 Å². The molecule has 0 fully saturated rings. The number of carboxylic acids is 1. The van der Waals surface area contributed by atoms with Gasteiger partial charge in [0.2, 0.25) is 0 Å². The molecule has 2 rings (SSSR count). The molecular formula is C14H17N3O3S. The molecule has 2 aromatic rings. The molecule has 0 radical (unpaired) electrons. The average molecular weight is 307 g/mol. The number of nitrogens with zero attached hydrogens (tertiary/aromatic N) is 3. The van der Waals surface area contributed by atoms with E-state index >= 15 is 0 Å². The van der Waals surface area contributed by atoms with Gasteiger partial charge >= 0.3 is 11.7 Å². The van der Waals surface area contributed by atoms with Crippen LogP contribution in [-0.2, 0) is 17.8 Å². The summed E-state index contributed by atoms with van der Waals surface area (Å²) in [5.41, 5.74) is 2.79. The second-order valence-corrected chi connectivity index (χ2v) is 5.85. The summed E-state index contributed by atoms with van der Waals surface area (Å²) in [7, 11) is 0. The van der Waals surface area contributed by atoms with E-state index in [0.29, 0.717) is 18.7 Å². The molecule has 0 saturated heterocycles. The Labute approximate surface area is 126 Å². The summed E-state index contributed by atoms with van der Waals surface area (Å²) in [6.07, 6.45) is 0.398. The van der Waals surface area contributed by atoms with E-state index in [1.807, 2.05) is 19.2 Å². The first-order chi connectivity index (χ1) is 9.88. The predicted molar refractivity (Wildman–Crippen MR) is 79.9 cm³/mol. The van der Waals surface area contributed by atoms with Crippen molar-refractivity contribution < 1.29 is 9.90 Å². The molecule has 112 valence electrons. The Morgan fingerprint density at radius 3 is 2.62 bits per heavy atom. The molecule has 2 aromatic heterocycles. The van der Waals surface area contributed by atoms with Gasteiger partial charge in [-0.1, -0.05) is 0 Å². The Kier molecular flexibility index (Phi) is 4.52. The fourth-order valence-corrected chi connectivity index (χ4v) is 2.99. The Bertz CT molecular complexity index is 734. The molecule has 0 aliphatic rings. The third kappa shape index (κ3) is 3.55. The number of thiazole rings is 1. The number of aromatic nitrogens is 3. The van der Waals surface area contributed by atoms with Gasteiger partial charge in [-0.2, -0.15) is 4.98 Å². The summed E-state index contributed by atoms with van der Waals surface area (Å²) >= 11 is 1.50. The van der Waals surface area contributed by atoms with E-state index in [9.17, 15) is 9.59 Å². The number of carboxylic acid groups (broad SMARTS) is 1. The van der Waals surface area contributed by atoms with Crippen molar-refractivity contribution in [2.24, 2.45) is 0 Å². The maximum Gasteiger partial charge on any atom is 0.348 e. The molecule has 6 nitrogen and oxygen atoms in total. The largest absolute Gasteiger partial charge is 0.481 e. The van der Waals surface area contributed by atoms with E-state index in [-0.39, 0.29) is 12.1 Å². The van der Waals surface area contributed by atoms with Crippen molar-refractivity contribution in [1.82, 2.24) is 14.5 Å². The van der Waals surface area contributed by atoms with E-state index in [0.717, 1.165) is 22.0 Å². The molecule has 0 unspecified atom stereocenters. The van der Waals surface area contributed by atoms with Crippen molar-refractivity contribution in [3.05, 3.63) is 43.5 Å². The van der Waals surface area contributed by atoms with Gasteiger partial charge in [-0.15, -0.1) is 11.3 Å². The van der Waals surface area contributed by atoms with Crippen molar-refractivity contribution >= 4 is 17.3 Å². The van der Waals surface area contributed by atoms with E-state index in [4.69, 9.17) is 5.11 Å². The van der Waals surface area contributed by atoms with Gasteiger partial charge in [0.1, 0.15) is 5.01 Å². The molecule has 0 aliphatic carbocycles. The maximum absolute atomic E-state index is 12.1. The van der Waals surface area contributed by atoms with Gasteiger partial charge in [0.25, 0.3) is 0 Å². The van der Waals surface area contributed by atoms with E-state index in [1.54, 1.807) is 11.5 Å². The molecule has 7 heteroatoms. The van der Waals surface area contributed by atoms with Gasteiger partial charge < -0.3 is 5.11 Å². The highest BCUT2D eigenvalue weighted by molar-refractivity contribution is 7.09. The summed E-state index contributed by atoms with van der Waals surface area (Å²) in [5.74, 6) is -0.859. The minimum atomic E-state index is -0.859. The molecule has 21 heavy (non-hydrogen) atoms. The van der Waals surface area contributed by atoms with Crippen molar-refractivity contribution in [1.29, 1.82) is 0 Å². The van der Waals surface area contributed by atoms with Crippen molar-refractivity contribution in [3.63, 3.8) is 0 Å². The first kappa shape index (κ1) is 15.4. The first-order valence-electron chi connectivity index (χ1n) is 6.58. The number of hydrogen-bond donors (Lipinski definition) is 1. The van der Waals surface area contributed by atoms with Crippen LogP contribution in [0.2, 0.25) is 0 Å². The second-order valence-electron chi connectivity index (χ2n) is 4.91. The molecule has 0 saturated carbocycles. The third-order valence-corrected chi connectivity index (χ3v) is 4.27. The zero-order valence-corrected chi connectivity index (χ0v) is 13.0. The van der Waals surface area contributed by atoms with Crippen LogP contribution in [0.4, 0.5) is 0 Å². The quantitative estimate of drug-likeness (QED) is 0.908. The SMILES string of the molecule is Cc1csc(Cn2c(C)c(CCC(=O)O)c(C)nc2=O)n1. The van der Waals surface area contributed by atoms with Gasteiger partial charge in [-0.3, -0.25) is 9.36 Å². The Hall–Kier alpha value is -2.02. The van der Waals surface area contributed by atoms with Gasteiger partial charge in [0.05, 0.1) is 6.54 Å². The zero-order valence-electron chi connectivity index (χ0n) is 12.2. The number of carbonyl (C=O) groups is 1. The fraction of sp³-hybridized carbons (Fsp3) is 0.429. The summed E-state index contributed by atoms with van der Waals surface area (Å²) in [4.78, 5) is 31.2. The normalized spacial score (nSPS) is 10.8. The monoisotopic (exact) mass is 307 g/mol. The van der Waals surface area contributed by atoms with Crippen LogP contribution in [0.5, 0.6) is 0 Å². The van der Waals surface area contributed by atoms with Crippen LogP contribution < -0.4 is 5.69 Å². The number of rotatable bonds is 5. The lowest BCUT2D eigenvalue weighted by molar-refractivity contribution is -0.136. The zero-order chi connectivity index (χ0) is 15.6. The van der Waals surface area contributed by atoms with Crippen LogP contribution >= 0.6 is 11.3 Å². The molecule has 0 spiro atoms. The average Bonchev–Trinajstić information content (AvgIpc) is 2.79. The maximum atomic E-state index is 12.1. The van der Waals surface area contributed by atoms with Crippen LogP contribution in [0.25, 0.3) is 0 Å². The Morgan fingerprint density at radius 1 is 1.33 bits per heavy atom. The fourth-order valence-electron chi connectivity index (χ4n) is 2.23. The van der Waals surface area contributed by atoms with Crippen LogP contribution in [0.1, 0.15) is 34.1 Å². The standard InChI is InChI=1S/C14H17N3O3S/c1-8-7-21-12(15-8)6-17-10(3)11(4-5-13(18)19)9(2)16-14(17)20/h7H,4-6H2,1-3H3,(H,18,19). The predicted octanol–water partition coefficient (Wildman–Crippen LogP) is 1.69. The number of aryl methyl sites for hydroxylation is 2. The number of hydrogen-bond acceptors (Lipinski definition) is 5. The van der Waals surface area contributed by atoms with Crippen molar-refractivity contribution in [3.8, 4) is 0 Å². The van der Waals surface area contributed by atoms with Gasteiger partial charge in [-0.25, -0.2) is 9.78 Å². The minimum absolute atomic E-state index is 0.0257. The van der Waals surface area contributed by atoms with E-state index in [2.05, 4.69) is 9.97 Å². The topological polar surface area (TPSA) is 85.1 Å². The third-order valence-electron chi connectivity index (χ3n) is 3.32. The van der Waals surface area contributed by atoms with E-state index < -0.39 is 5.97 Å². The molecule has 0 atom stereocenters. The van der Waals surface area contributed by atoms with Gasteiger partial charge in [0.15, 0.2) is 0 Å². The summed E-state index contributed by atoms with van der Waals surface area (Å²) in [6, 6.07) is 0. The lowest BCUT2D eigenvalue weighted by atomic mass is 10.1. The second kappa shape index (κ2) is 6.17. The highest BCUT2D eigenvalue weighted by Crippen LogP contribution is 2.15. The van der Waals surface area contributed by atoms with Gasteiger partial charge in [-0.05, 0) is 32.8 Å². The summed E-state index contributed by atoms with van der Waals surface area (Å²) in [6.45, 7) is 5.84. The smallest absolute Gasteiger partial charge is 0.348 e. The molecule has 1 N–H and O–H groups in total. The summed E-state index contributed by atoms with van der Waals surface area (Å²) < 4.78 is 1.56. The Morgan fingerprint density at radius 2 is 2.05 bits per heavy atom. The van der Waals surface area contributed by atoms with Crippen molar-refractivity contribution in [2.45, 2.75) is 40.2 Å². The van der Waals surface area contributed by atoms with Gasteiger partial charge in [0, 0.05) is 28.9 Å². The molecule has 0 bridgehead atoms. The summed E-state index contributed by atoms with van der Waals surface area (Å²) in [5, 5.41) is 11.6. The molecule has 2 heterocycles. The van der Waals surface area contributed by atoms with Crippen LogP contribution in [-0.4, -0.2) is 25.6 Å². The highest BCUT2D eigenvalue weighted by atomic mass is 32.1. The molecular weight excluding hydrogens is 290 g/mol. The number of aliphatic carboxylic acids is 1. The van der Waals surface area contributed by atoms with Crippen LogP contribution in [0.3, 0.4) is 0 Å². The Balaban J connectivity index is 2.38. The van der Waals surface area contributed by atoms with Crippen LogP contribution in [0.15, 0.2) is 10.2 Å². The molecule has 0 amide bonds. The lowest BCUT2D eigenvalue weighted by Crippen LogP contribution is -2.28. The molecule has 0 aliphatic heterocycles. The van der Waals surface area contributed by atoms with Crippen LogP contribution in [0, 0.1) is 20.8 Å². The lowest BCUT2D eigenvalue weighted by Gasteiger charge is -2.14. The molecule has 0 aromatic carbocycles. The minimum Gasteiger partial charge on any atom is -0.481 e. The highest BCUT2D eigenvalue weighted by Gasteiger charge is 2.14. The van der Waals surface area contributed by atoms with Crippen molar-refractivity contribution in [2.75, 3.05) is 0 Å². The first-order valence-corrected chi connectivity index (χ1v) is 7.46.